The van der Waals surface area contributed by atoms with Gasteiger partial charge in [-0.05, 0) is 25.2 Å². The van der Waals surface area contributed by atoms with Gasteiger partial charge in [0.15, 0.2) is 0 Å². The Bertz CT molecular complexity index is 555. The maximum atomic E-state index is 12.9. The normalized spacial score (nSPS) is 22.3. The molecule has 0 bridgehead atoms. The highest BCUT2D eigenvalue weighted by molar-refractivity contribution is 7.87. The summed E-state index contributed by atoms with van der Waals surface area (Å²) >= 11 is 0. The van der Waals surface area contributed by atoms with E-state index in [2.05, 4.69) is 4.74 Å². The summed E-state index contributed by atoms with van der Waals surface area (Å²) in [6.45, 7) is 5.13. The topological polar surface area (TPSA) is 97.7 Å². The molecule has 22 heavy (non-hydrogen) atoms. The summed E-state index contributed by atoms with van der Waals surface area (Å²) in [5, 5.41) is -4.98. The molecule has 0 aromatic heterocycles. The van der Waals surface area contributed by atoms with Crippen molar-refractivity contribution in [1.82, 2.24) is 0 Å². The number of alkyl halides is 2. The molecular formula is C13H20F2O6S. The molecule has 9 heteroatoms. The summed E-state index contributed by atoms with van der Waals surface area (Å²) in [4.78, 5) is 23.1. The third-order valence-electron chi connectivity index (χ3n) is 4.09. The maximum absolute atomic E-state index is 12.9. The van der Waals surface area contributed by atoms with E-state index >= 15 is 0 Å². The lowest BCUT2D eigenvalue weighted by atomic mass is 9.82. The first-order valence-electron chi connectivity index (χ1n) is 6.91. The van der Waals surface area contributed by atoms with Crippen molar-refractivity contribution < 1.29 is 36.1 Å². The molecule has 1 aliphatic carbocycles. The van der Waals surface area contributed by atoms with Crippen molar-refractivity contribution >= 4 is 21.9 Å². The predicted octanol–water partition coefficient (Wildman–Crippen LogP) is 2.04. The number of ketones is 1. The van der Waals surface area contributed by atoms with Crippen LogP contribution in [0, 0.1) is 17.3 Å². The molecule has 1 fully saturated rings. The number of carbonyl (C=O) groups is 2. The van der Waals surface area contributed by atoms with Gasteiger partial charge in [-0.3, -0.25) is 9.35 Å². The quantitative estimate of drug-likeness (QED) is 0.535. The molecule has 1 saturated carbocycles. The van der Waals surface area contributed by atoms with E-state index in [-0.39, 0.29) is 24.0 Å². The number of hydrogen-bond donors (Lipinski definition) is 1. The van der Waals surface area contributed by atoms with Gasteiger partial charge >= 0.3 is 21.3 Å². The third-order valence-corrected chi connectivity index (χ3v) is 4.91. The number of rotatable bonds is 8. The molecule has 0 radical (unpaired) electrons. The number of carbonyl (C=O) groups excluding carboxylic acids is 2. The van der Waals surface area contributed by atoms with Gasteiger partial charge in [0.2, 0.25) is 0 Å². The van der Waals surface area contributed by atoms with Gasteiger partial charge in [-0.25, -0.2) is 4.79 Å². The lowest BCUT2D eigenvalue weighted by molar-refractivity contribution is -0.161. The second-order valence-corrected chi connectivity index (χ2v) is 7.58. The van der Waals surface area contributed by atoms with E-state index in [0.717, 1.165) is 0 Å². The highest BCUT2D eigenvalue weighted by atomic mass is 32.2. The summed E-state index contributed by atoms with van der Waals surface area (Å²) < 4.78 is 58.9. The van der Waals surface area contributed by atoms with Gasteiger partial charge < -0.3 is 4.74 Å². The fourth-order valence-electron chi connectivity index (χ4n) is 2.06. The molecule has 128 valence electrons. The van der Waals surface area contributed by atoms with Crippen molar-refractivity contribution in [3.05, 3.63) is 0 Å². The lowest BCUT2D eigenvalue weighted by Gasteiger charge is -2.20. The van der Waals surface area contributed by atoms with Gasteiger partial charge in [0.05, 0.1) is 6.61 Å². The molecule has 1 aliphatic rings. The first-order chi connectivity index (χ1) is 9.84. The summed E-state index contributed by atoms with van der Waals surface area (Å²) in [5.41, 5.74) is -0.450. The average molecular weight is 342 g/mol. The lowest BCUT2D eigenvalue weighted by Crippen LogP contribution is -2.39. The van der Waals surface area contributed by atoms with Crippen LogP contribution in [0.15, 0.2) is 0 Å². The summed E-state index contributed by atoms with van der Waals surface area (Å²) in [6, 6.07) is 0. The average Bonchev–Trinajstić information content (AvgIpc) is 3.15. The van der Waals surface area contributed by atoms with Crippen LogP contribution >= 0.6 is 0 Å². The van der Waals surface area contributed by atoms with Crippen LogP contribution < -0.4 is 0 Å². The minimum Gasteiger partial charge on any atom is -0.460 e. The molecule has 0 saturated heterocycles. The molecule has 0 aromatic rings. The Balaban J connectivity index is 2.43. The maximum Gasteiger partial charge on any atom is 0.465 e. The smallest absolute Gasteiger partial charge is 0.460 e. The molecule has 2 atom stereocenters. The molecule has 0 spiro atoms. The fraction of sp³-hybridized carbons (Fsp3) is 0.846. The van der Waals surface area contributed by atoms with E-state index < -0.39 is 33.4 Å². The highest BCUT2D eigenvalue weighted by Gasteiger charge is 2.54. The van der Waals surface area contributed by atoms with Crippen LogP contribution in [0.5, 0.6) is 0 Å². The molecule has 6 nitrogen and oxygen atoms in total. The molecule has 1 rings (SSSR count). The van der Waals surface area contributed by atoms with Crippen molar-refractivity contribution in [1.29, 1.82) is 0 Å². The van der Waals surface area contributed by atoms with Crippen LogP contribution in [-0.2, 0) is 24.4 Å². The SMILES string of the molecule is CCC(C)(C)C(=O)C1CC1CCOC(=O)C(F)(F)S(=O)(=O)O. The van der Waals surface area contributed by atoms with Crippen molar-refractivity contribution in [3.8, 4) is 0 Å². The van der Waals surface area contributed by atoms with E-state index in [1.165, 1.54) is 0 Å². The van der Waals surface area contributed by atoms with Crippen LogP contribution in [0.2, 0.25) is 0 Å². The first-order valence-corrected chi connectivity index (χ1v) is 8.35. The second kappa shape index (κ2) is 6.19. The molecular weight excluding hydrogens is 322 g/mol. The monoisotopic (exact) mass is 342 g/mol. The van der Waals surface area contributed by atoms with Crippen LogP contribution in [-0.4, -0.2) is 36.6 Å². The number of halogens is 2. The number of ether oxygens (including phenoxy) is 1. The molecule has 0 heterocycles. The van der Waals surface area contributed by atoms with Gasteiger partial charge in [0.1, 0.15) is 5.78 Å². The number of Topliss-reactive ketones (excluding diaryl/α,β-unsaturated/α-hetero) is 1. The Morgan fingerprint density at radius 2 is 1.86 bits per heavy atom. The second-order valence-electron chi connectivity index (χ2n) is 6.12. The van der Waals surface area contributed by atoms with Crippen molar-refractivity contribution in [2.45, 2.75) is 45.3 Å². The van der Waals surface area contributed by atoms with Gasteiger partial charge in [0, 0.05) is 11.3 Å². The Morgan fingerprint density at radius 1 is 1.32 bits per heavy atom. The Labute approximate surface area is 128 Å². The van der Waals surface area contributed by atoms with Crippen molar-refractivity contribution in [3.63, 3.8) is 0 Å². The highest BCUT2D eigenvalue weighted by Crippen LogP contribution is 2.46. The minimum absolute atomic E-state index is 0.0505. The van der Waals surface area contributed by atoms with Crippen LogP contribution in [0.25, 0.3) is 0 Å². The zero-order valence-electron chi connectivity index (χ0n) is 12.6. The van der Waals surface area contributed by atoms with E-state index in [4.69, 9.17) is 4.55 Å². The number of esters is 1. The molecule has 0 aromatic carbocycles. The van der Waals surface area contributed by atoms with Crippen LogP contribution in [0.4, 0.5) is 8.78 Å². The summed E-state index contributed by atoms with van der Waals surface area (Å²) in [5.74, 6) is -2.44. The zero-order chi connectivity index (χ0) is 17.3. The van der Waals surface area contributed by atoms with Crippen LogP contribution in [0.3, 0.4) is 0 Å². The van der Waals surface area contributed by atoms with Crippen molar-refractivity contribution in [2.75, 3.05) is 6.61 Å². The predicted molar refractivity (Wildman–Crippen MR) is 72.7 cm³/mol. The van der Waals surface area contributed by atoms with Gasteiger partial charge in [-0.1, -0.05) is 20.8 Å². The van der Waals surface area contributed by atoms with E-state index in [9.17, 15) is 26.8 Å². The zero-order valence-corrected chi connectivity index (χ0v) is 13.5. The third kappa shape index (κ3) is 4.01. The number of hydrogen-bond acceptors (Lipinski definition) is 5. The molecule has 0 amide bonds. The summed E-state index contributed by atoms with van der Waals surface area (Å²) in [6.07, 6.45) is 1.49. The molecule has 2 unspecified atom stereocenters. The van der Waals surface area contributed by atoms with E-state index in [0.29, 0.717) is 12.8 Å². The summed E-state index contributed by atoms with van der Waals surface area (Å²) in [7, 11) is -5.85. The van der Waals surface area contributed by atoms with E-state index in [1.807, 2.05) is 20.8 Å². The van der Waals surface area contributed by atoms with Crippen LogP contribution in [0.1, 0.15) is 40.0 Å². The Hall–Kier alpha value is -1.09. The Morgan fingerprint density at radius 3 is 2.32 bits per heavy atom. The van der Waals surface area contributed by atoms with E-state index in [1.54, 1.807) is 0 Å². The Kier molecular flexibility index (Phi) is 5.34. The fourth-order valence-corrected chi connectivity index (χ4v) is 2.33. The van der Waals surface area contributed by atoms with Crippen molar-refractivity contribution in [2.24, 2.45) is 17.3 Å². The standard InChI is InChI=1S/C13H20F2O6S/c1-4-12(2,3)10(16)9-7-8(9)5-6-21-11(17)13(14,15)22(18,19)20/h8-9H,4-7H2,1-3H3,(H,18,19,20). The van der Waals surface area contributed by atoms with Gasteiger partial charge in [0.25, 0.3) is 0 Å². The largest absolute Gasteiger partial charge is 0.465 e. The van der Waals surface area contributed by atoms with Gasteiger partial charge in [-0.15, -0.1) is 0 Å². The molecule has 0 aliphatic heterocycles. The van der Waals surface area contributed by atoms with Gasteiger partial charge in [-0.2, -0.15) is 17.2 Å². The first kappa shape index (κ1) is 19.0. The molecule has 1 N–H and O–H groups in total. The minimum atomic E-state index is -5.85.